The Labute approximate surface area is 180 Å². The van der Waals surface area contributed by atoms with Gasteiger partial charge < -0.3 is 14.2 Å². The van der Waals surface area contributed by atoms with E-state index in [4.69, 9.17) is 14.2 Å². The predicted octanol–water partition coefficient (Wildman–Crippen LogP) is 3.75. The minimum absolute atomic E-state index is 0.158. The maximum atomic E-state index is 13.1. The van der Waals surface area contributed by atoms with Crippen LogP contribution >= 0.6 is 0 Å². The van der Waals surface area contributed by atoms with E-state index in [2.05, 4.69) is 4.99 Å². The van der Waals surface area contributed by atoms with Crippen molar-refractivity contribution in [2.45, 2.75) is 52.1 Å². The molecule has 1 unspecified atom stereocenters. The third kappa shape index (κ3) is 4.17. The Morgan fingerprint density at radius 1 is 1.19 bits per heavy atom. The molecule has 1 aliphatic heterocycles. The van der Waals surface area contributed by atoms with Crippen LogP contribution in [-0.4, -0.2) is 42.7 Å². The summed E-state index contributed by atoms with van der Waals surface area (Å²) in [4.78, 5) is 42.0. The van der Waals surface area contributed by atoms with Crippen LogP contribution in [0.15, 0.2) is 28.4 Å². The Balaban J connectivity index is 2.30. The topological polar surface area (TPSA) is 117 Å². The fourth-order valence-corrected chi connectivity index (χ4v) is 4.24. The summed E-state index contributed by atoms with van der Waals surface area (Å²) in [5, 5.41) is 12.0. The second-order valence-electron chi connectivity index (χ2n) is 7.85. The lowest BCUT2D eigenvalue weighted by Gasteiger charge is -2.34. The van der Waals surface area contributed by atoms with Crippen molar-refractivity contribution < 1.29 is 28.7 Å². The van der Waals surface area contributed by atoms with Gasteiger partial charge in [0, 0.05) is 34.9 Å². The first-order valence-electron chi connectivity index (χ1n) is 10.1. The predicted molar refractivity (Wildman–Crippen MR) is 113 cm³/mol. The van der Waals surface area contributed by atoms with E-state index in [1.807, 2.05) is 0 Å². The average Bonchev–Trinajstić information content (AvgIpc) is 2.71. The number of nitro groups is 1. The molecular formula is C22H26N2O7. The van der Waals surface area contributed by atoms with Crippen LogP contribution in [0.2, 0.25) is 0 Å². The van der Waals surface area contributed by atoms with Crippen LogP contribution in [0.3, 0.4) is 0 Å². The normalized spacial score (nSPS) is 20.8. The molecule has 0 fully saturated rings. The molecule has 1 aromatic carbocycles. The smallest absolute Gasteiger partial charge is 0.315 e. The number of ketones is 1. The van der Waals surface area contributed by atoms with E-state index in [0.717, 1.165) is 0 Å². The lowest BCUT2D eigenvalue weighted by molar-refractivity contribution is -0.385. The second kappa shape index (κ2) is 8.87. The van der Waals surface area contributed by atoms with Crippen molar-refractivity contribution in [3.63, 3.8) is 0 Å². The highest BCUT2D eigenvalue weighted by molar-refractivity contribution is 6.09. The standard InChI is InChI=1S/C22H26N2O7/c1-11(2)31-22(26)19-12(3)23-14-7-6-8-16(25)21(14)20(19)13-9-17(29-4)18(30-5)10-15(13)24(27)28/h9-11,19-20H,6-8H2,1-5H3/t19?,20-/m1/s1. The quantitative estimate of drug-likeness (QED) is 0.383. The summed E-state index contributed by atoms with van der Waals surface area (Å²) in [6.45, 7) is 5.13. The Kier molecular flexibility index (Phi) is 6.42. The van der Waals surface area contributed by atoms with Gasteiger partial charge in [-0.3, -0.25) is 24.7 Å². The summed E-state index contributed by atoms with van der Waals surface area (Å²) in [6.07, 6.45) is 1.13. The van der Waals surface area contributed by atoms with Gasteiger partial charge in [0.15, 0.2) is 17.3 Å². The molecule has 2 aliphatic rings. The molecule has 0 amide bonds. The lowest BCUT2D eigenvalue weighted by atomic mass is 9.71. The summed E-state index contributed by atoms with van der Waals surface area (Å²) in [5.74, 6) is -2.13. The monoisotopic (exact) mass is 430 g/mol. The molecule has 0 aromatic heterocycles. The molecule has 1 heterocycles. The highest BCUT2D eigenvalue weighted by atomic mass is 16.6. The molecule has 166 valence electrons. The second-order valence-corrected chi connectivity index (χ2v) is 7.85. The number of carbonyl (C=O) groups is 2. The number of hydrogen-bond acceptors (Lipinski definition) is 8. The molecule has 0 spiro atoms. The molecule has 2 atom stereocenters. The number of methoxy groups -OCH3 is 2. The molecule has 1 aliphatic carbocycles. The van der Waals surface area contributed by atoms with E-state index in [-0.39, 0.29) is 28.5 Å². The SMILES string of the molecule is COc1cc([C@H]2C3=C(CCCC3=O)N=C(C)C2C(=O)OC(C)C)c([N+](=O)[O-])cc1OC. The van der Waals surface area contributed by atoms with Gasteiger partial charge in [-0.25, -0.2) is 0 Å². The maximum Gasteiger partial charge on any atom is 0.315 e. The van der Waals surface area contributed by atoms with E-state index in [9.17, 15) is 19.7 Å². The van der Waals surface area contributed by atoms with Crippen molar-refractivity contribution in [2.24, 2.45) is 10.9 Å². The van der Waals surface area contributed by atoms with E-state index in [1.165, 1.54) is 26.4 Å². The van der Waals surface area contributed by atoms with Crippen molar-refractivity contribution in [1.29, 1.82) is 0 Å². The number of nitro benzene ring substituents is 1. The molecule has 0 bridgehead atoms. The fraction of sp³-hybridized carbons (Fsp3) is 0.500. The molecule has 0 radical (unpaired) electrons. The molecular weight excluding hydrogens is 404 g/mol. The van der Waals surface area contributed by atoms with E-state index < -0.39 is 28.8 Å². The van der Waals surface area contributed by atoms with E-state index >= 15 is 0 Å². The average molecular weight is 430 g/mol. The largest absolute Gasteiger partial charge is 0.493 e. The van der Waals surface area contributed by atoms with Crippen molar-refractivity contribution in [3.8, 4) is 11.5 Å². The maximum absolute atomic E-state index is 13.1. The molecule has 0 saturated carbocycles. The molecule has 9 heteroatoms. The van der Waals surface area contributed by atoms with Crippen molar-refractivity contribution >= 4 is 23.2 Å². The van der Waals surface area contributed by atoms with Gasteiger partial charge in [0.05, 0.1) is 31.3 Å². The number of rotatable bonds is 6. The number of nitrogens with zero attached hydrogens (tertiary/aromatic N) is 2. The van der Waals surface area contributed by atoms with Gasteiger partial charge in [-0.05, 0) is 39.7 Å². The lowest BCUT2D eigenvalue weighted by Crippen LogP contribution is -2.38. The zero-order chi connectivity index (χ0) is 22.9. The summed E-state index contributed by atoms with van der Waals surface area (Å²) in [5.41, 5.74) is 1.33. The minimum atomic E-state index is -0.958. The van der Waals surface area contributed by atoms with Crippen LogP contribution in [-0.2, 0) is 14.3 Å². The van der Waals surface area contributed by atoms with Crippen molar-refractivity contribution in [2.75, 3.05) is 14.2 Å². The molecule has 1 aromatic rings. The molecule has 0 saturated heterocycles. The number of ether oxygens (including phenoxy) is 3. The van der Waals surface area contributed by atoms with Gasteiger partial charge in [-0.15, -0.1) is 0 Å². The summed E-state index contributed by atoms with van der Waals surface area (Å²) in [7, 11) is 2.80. The number of esters is 1. The number of carbonyl (C=O) groups excluding carboxylic acids is 2. The first-order chi connectivity index (χ1) is 14.7. The third-order valence-corrected chi connectivity index (χ3v) is 5.50. The van der Waals surface area contributed by atoms with Gasteiger partial charge in [0.25, 0.3) is 5.69 Å². The van der Waals surface area contributed by atoms with Crippen LogP contribution in [0.1, 0.15) is 51.5 Å². The Bertz CT molecular complexity index is 994. The van der Waals surface area contributed by atoms with Gasteiger partial charge in [0.2, 0.25) is 0 Å². The number of hydrogen-bond donors (Lipinski definition) is 0. The van der Waals surface area contributed by atoms with Crippen LogP contribution in [0, 0.1) is 16.0 Å². The molecule has 0 N–H and O–H groups in total. The number of aliphatic imine (C=N–C) groups is 1. The van der Waals surface area contributed by atoms with E-state index in [1.54, 1.807) is 20.8 Å². The Morgan fingerprint density at radius 2 is 1.84 bits per heavy atom. The van der Waals surface area contributed by atoms with Gasteiger partial charge in [-0.2, -0.15) is 0 Å². The van der Waals surface area contributed by atoms with Crippen LogP contribution in [0.5, 0.6) is 11.5 Å². The summed E-state index contributed by atoms with van der Waals surface area (Å²) in [6, 6.07) is 2.73. The zero-order valence-electron chi connectivity index (χ0n) is 18.3. The van der Waals surface area contributed by atoms with Crippen molar-refractivity contribution in [1.82, 2.24) is 0 Å². The van der Waals surface area contributed by atoms with Crippen LogP contribution < -0.4 is 9.47 Å². The first-order valence-corrected chi connectivity index (χ1v) is 10.1. The minimum Gasteiger partial charge on any atom is -0.493 e. The number of Topliss-reactive ketones (excluding diaryl/α,β-unsaturated/α-hetero) is 1. The Morgan fingerprint density at radius 3 is 2.42 bits per heavy atom. The van der Waals surface area contributed by atoms with Crippen LogP contribution in [0.4, 0.5) is 5.69 Å². The van der Waals surface area contributed by atoms with Gasteiger partial charge >= 0.3 is 5.97 Å². The van der Waals surface area contributed by atoms with Crippen LogP contribution in [0.25, 0.3) is 0 Å². The third-order valence-electron chi connectivity index (χ3n) is 5.50. The molecule has 9 nitrogen and oxygen atoms in total. The Hall–Kier alpha value is -3.23. The first kappa shape index (κ1) is 22.5. The zero-order valence-corrected chi connectivity index (χ0v) is 18.3. The van der Waals surface area contributed by atoms with Crippen molar-refractivity contribution in [3.05, 3.63) is 39.1 Å². The molecule has 3 rings (SSSR count). The summed E-state index contributed by atoms with van der Waals surface area (Å²) < 4.78 is 16.0. The van der Waals surface area contributed by atoms with E-state index in [0.29, 0.717) is 36.2 Å². The van der Waals surface area contributed by atoms with Gasteiger partial charge in [0.1, 0.15) is 5.92 Å². The summed E-state index contributed by atoms with van der Waals surface area (Å²) >= 11 is 0. The highest BCUT2D eigenvalue weighted by Crippen LogP contribution is 2.48. The highest BCUT2D eigenvalue weighted by Gasteiger charge is 2.46. The number of benzene rings is 1. The van der Waals surface area contributed by atoms with Gasteiger partial charge in [-0.1, -0.05) is 0 Å². The molecule has 31 heavy (non-hydrogen) atoms. The fourth-order valence-electron chi connectivity index (χ4n) is 4.24. The number of allylic oxidation sites excluding steroid dienone is 2.